The molecule has 0 aliphatic carbocycles. The van der Waals surface area contributed by atoms with Crippen LogP contribution in [0.1, 0.15) is 18.4 Å². The van der Waals surface area contributed by atoms with Crippen molar-refractivity contribution in [1.82, 2.24) is 19.2 Å². The van der Waals surface area contributed by atoms with Gasteiger partial charge in [-0.1, -0.05) is 30.3 Å². The number of hydrogen-bond donors (Lipinski definition) is 0. The quantitative estimate of drug-likeness (QED) is 0.356. The highest BCUT2D eigenvalue weighted by Gasteiger charge is 2.16. The summed E-state index contributed by atoms with van der Waals surface area (Å²) in [6.45, 7) is 4.59. The maximum Gasteiger partial charge on any atom is 0.276 e. The van der Waals surface area contributed by atoms with E-state index in [-0.39, 0.29) is 12.1 Å². The minimum atomic E-state index is -0.149. The minimum Gasteiger partial charge on any atom is -0.493 e. The summed E-state index contributed by atoms with van der Waals surface area (Å²) >= 11 is 0. The lowest BCUT2D eigenvalue weighted by atomic mass is 10.1. The Kier molecular flexibility index (Phi) is 5.63. The second kappa shape index (κ2) is 8.90. The lowest BCUT2D eigenvalue weighted by Crippen LogP contribution is -2.22. The molecule has 0 spiro atoms. The summed E-state index contributed by atoms with van der Waals surface area (Å²) in [6.07, 6.45) is 3.49. The number of nitrogens with zero attached hydrogens (tertiary/aromatic N) is 4. The van der Waals surface area contributed by atoms with E-state index in [1.807, 2.05) is 62.4 Å². The van der Waals surface area contributed by atoms with E-state index in [0.29, 0.717) is 41.0 Å². The summed E-state index contributed by atoms with van der Waals surface area (Å²) in [6, 6.07) is 17.1. The van der Waals surface area contributed by atoms with Crippen LogP contribution < -0.4 is 15.0 Å². The molecule has 172 valence electrons. The third-order valence-corrected chi connectivity index (χ3v) is 5.60. The van der Waals surface area contributed by atoms with Crippen LogP contribution in [0.3, 0.4) is 0 Å². The van der Waals surface area contributed by atoms with Crippen LogP contribution in [0.5, 0.6) is 11.5 Å². The zero-order chi connectivity index (χ0) is 23.7. The van der Waals surface area contributed by atoms with Gasteiger partial charge in [-0.05, 0) is 38.1 Å². The highest BCUT2D eigenvalue weighted by molar-refractivity contribution is 5.65. The third kappa shape index (κ3) is 3.94. The lowest BCUT2D eigenvalue weighted by molar-refractivity contribution is 0.311. The van der Waals surface area contributed by atoms with Crippen LogP contribution in [0.25, 0.3) is 28.2 Å². The van der Waals surface area contributed by atoms with Gasteiger partial charge in [0, 0.05) is 23.5 Å². The van der Waals surface area contributed by atoms with Gasteiger partial charge in [0.05, 0.1) is 26.0 Å². The zero-order valence-corrected chi connectivity index (χ0v) is 19.2. The Labute approximate surface area is 196 Å². The molecule has 3 heterocycles. The fourth-order valence-corrected chi connectivity index (χ4v) is 3.84. The normalized spacial score (nSPS) is 11.1. The molecule has 34 heavy (non-hydrogen) atoms. The summed E-state index contributed by atoms with van der Waals surface area (Å²) in [5.41, 5.74) is 3.50. The van der Waals surface area contributed by atoms with Gasteiger partial charge in [-0.2, -0.15) is 5.10 Å². The van der Waals surface area contributed by atoms with Crippen LogP contribution in [0.4, 0.5) is 0 Å². The summed E-state index contributed by atoms with van der Waals surface area (Å²) in [5, 5.41) is 4.54. The predicted molar refractivity (Wildman–Crippen MR) is 128 cm³/mol. The van der Waals surface area contributed by atoms with Crippen molar-refractivity contribution in [3.8, 4) is 34.2 Å². The largest absolute Gasteiger partial charge is 0.493 e. The van der Waals surface area contributed by atoms with Gasteiger partial charge >= 0.3 is 0 Å². The molecule has 8 heteroatoms. The summed E-state index contributed by atoms with van der Waals surface area (Å²) in [4.78, 5) is 17.8. The minimum absolute atomic E-state index is 0.149. The molecule has 0 amide bonds. The molecule has 0 atom stereocenters. The number of methoxy groups -OCH3 is 1. The maximum atomic E-state index is 13.2. The number of hydrogen-bond acceptors (Lipinski definition) is 6. The number of benzene rings is 2. The number of fused-ring (bicyclic) bond motifs is 1. The molecule has 0 N–H and O–H groups in total. The molecule has 0 bridgehead atoms. The van der Waals surface area contributed by atoms with Gasteiger partial charge in [-0.15, -0.1) is 0 Å². The van der Waals surface area contributed by atoms with E-state index < -0.39 is 0 Å². The third-order valence-electron chi connectivity index (χ3n) is 5.60. The molecule has 0 radical (unpaired) electrons. The van der Waals surface area contributed by atoms with Crippen molar-refractivity contribution in [2.75, 3.05) is 13.7 Å². The fourth-order valence-electron chi connectivity index (χ4n) is 3.84. The van der Waals surface area contributed by atoms with Crippen molar-refractivity contribution in [3.63, 3.8) is 0 Å². The molecule has 2 aromatic carbocycles. The maximum absolute atomic E-state index is 13.2. The van der Waals surface area contributed by atoms with E-state index in [1.54, 1.807) is 34.7 Å². The molecule has 0 unspecified atom stereocenters. The van der Waals surface area contributed by atoms with Gasteiger partial charge in [-0.25, -0.2) is 9.50 Å². The van der Waals surface area contributed by atoms with Gasteiger partial charge in [0.2, 0.25) is 5.89 Å². The van der Waals surface area contributed by atoms with Gasteiger partial charge in [-0.3, -0.25) is 4.79 Å². The van der Waals surface area contributed by atoms with Crippen molar-refractivity contribution >= 4 is 5.52 Å². The Morgan fingerprint density at radius 3 is 2.59 bits per heavy atom. The Hall–Kier alpha value is -4.33. The number of aromatic nitrogens is 4. The first-order valence-electron chi connectivity index (χ1n) is 11.0. The smallest absolute Gasteiger partial charge is 0.276 e. The average Bonchev–Trinajstić information content (AvgIpc) is 3.46. The second-order valence-electron chi connectivity index (χ2n) is 7.78. The van der Waals surface area contributed by atoms with Crippen LogP contribution in [-0.4, -0.2) is 32.9 Å². The SMILES string of the molecule is CCOc1ccc(-c2nc(Cn3ccn4nc(-c5ccccc5)cc4c3=O)c(C)o2)cc1OC. The number of ether oxygens (including phenoxy) is 2. The topological polar surface area (TPSA) is 83.8 Å². The van der Waals surface area contributed by atoms with Crippen LogP contribution in [0, 0.1) is 6.92 Å². The van der Waals surface area contributed by atoms with E-state index in [1.165, 1.54) is 0 Å². The Balaban J connectivity index is 1.46. The lowest BCUT2D eigenvalue weighted by Gasteiger charge is -2.09. The van der Waals surface area contributed by atoms with E-state index in [4.69, 9.17) is 13.9 Å². The van der Waals surface area contributed by atoms with Crippen molar-refractivity contribution in [2.24, 2.45) is 0 Å². The number of aryl methyl sites for hydroxylation is 1. The molecule has 5 aromatic rings. The number of rotatable bonds is 7. The Morgan fingerprint density at radius 2 is 1.82 bits per heavy atom. The highest BCUT2D eigenvalue weighted by atomic mass is 16.5. The standard InChI is InChI=1S/C26H24N4O4/c1-4-33-23-11-10-19(14-24(23)32-3)25-27-21(17(2)34-25)16-29-12-13-30-22(26(29)31)15-20(28-30)18-8-6-5-7-9-18/h5-15H,4,16H2,1-3H3. The summed E-state index contributed by atoms with van der Waals surface area (Å²) < 4.78 is 20.2. The van der Waals surface area contributed by atoms with Crippen LogP contribution >= 0.6 is 0 Å². The van der Waals surface area contributed by atoms with Crippen molar-refractivity contribution in [1.29, 1.82) is 0 Å². The predicted octanol–water partition coefficient (Wildman–Crippen LogP) is 4.58. The molecule has 0 fully saturated rings. The van der Waals surface area contributed by atoms with Gasteiger partial charge in [0.25, 0.3) is 5.56 Å². The van der Waals surface area contributed by atoms with E-state index in [0.717, 1.165) is 16.8 Å². The highest BCUT2D eigenvalue weighted by Crippen LogP contribution is 2.33. The molecular weight excluding hydrogens is 432 g/mol. The van der Waals surface area contributed by atoms with Crippen molar-refractivity contribution in [2.45, 2.75) is 20.4 Å². The molecule has 3 aromatic heterocycles. The Bertz CT molecular complexity index is 1520. The summed E-state index contributed by atoms with van der Waals surface area (Å²) in [5.74, 6) is 2.37. The van der Waals surface area contributed by atoms with Crippen molar-refractivity contribution in [3.05, 3.63) is 88.8 Å². The zero-order valence-electron chi connectivity index (χ0n) is 19.2. The molecule has 0 aliphatic heterocycles. The first-order chi connectivity index (χ1) is 16.6. The first-order valence-corrected chi connectivity index (χ1v) is 11.0. The first kappa shape index (κ1) is 21.5. The summed E-state index contributed by atoms with van der Waals surface area (Å²) in [7, 11) is 1.59. The number of oxazole rings is 1. The van der Waals surface area contributed by atoms with Crippen LogP contribution in [-0.2, 0) is 6.54 Å². The molecule has 5 rings (SSSR count). The molecule has 0 aliphatic rings. The molecule has 0 saturated heterocycles. The monoisotopic (exact) mass is 456 g/mol. The van der Waals surface area contributed by atoms with Gasteiger partial charge in [0.1, 0.15) is 17.0 Å². The van der Waals surface area contributed by atoms with Crippen LogP contribution in [0.15, 0.2) is 76.2 Å². The molecule has 0 saturated carbocycles. The average molecular weight is 457 g/mol. The van der Waals surface area contributed by atoms with E-state index >= 15 is 0 Å². The van der Waals surface area contributed by atoms with Gasteiger partial charge < -0.3 is 18.5 Å². The van der Waals surface area contributed by atoms with Gasteiger partial charge in [0.15, 0.2) is 11.5 Å². The molecule has 8 nitrogen and oxygen atoms in total. The molecular formula is C26H24N4O4. The van der Waals surface area contributed by atoms with Crippen LogP contribution in [0.2, 0.25) is 0 Å². The van der Waals surface area contributed by atoms with Crippen molar-refractivity contribution < 1.29 is 13.9 Å². The fraction of sp³-hybridized carbons (Fsp3) is 0.192. The Morgan fingerprint density at radius 1 is 1.00 bits per heavy atom. The second-order valence-corrected chi connectivity index (χ2v) is 7.78. The van der Waals surface area contributed by atoms with E-state index in [2.05, 4.69) is 10.1 Å². The van der Waals surface area contributed by atoms with E-state index in [9.17, 15) is 4.79 Å².